The lowest BCUT2D eigenvalue weighted by Gasteiger charge is -2.27. The van der Waals surface area contributed by atoms with E-state index >= 15 is 0 Å². The number of carbonyl (C=O) groups excluding carboxylic acids is 1. The summed E-state index contributed by atoms with van der Waals surface area (Å²) >= 11 is 0. The highest BCUT2D eigenvalue weighted by atomic mass is 32.2. The molecule has 0 fully saturated rings. The fourth-order valence-electron chi connectivity index (χ4n) is 4.50. The maximum Gasteiger partial charge on any atom is 0.264 e. The number of rotatable bonds is 6. The molecule has 2 aromatic rings. The first kappa shape index (κ1) is 24.1. The van der Waals surface area contributed by atoms with E-state index in [-0.39, 0.29) is 27.5 Å². The van der Waals surface area contributed by atoms with Crippen molar-refractivity contribution in [3.63, 3.8) is 0 Å². The normalized spacial score (nSPS) is 20.9. The van der Waals surface area contributed by atoms with Gasteiger partial charge in [0, 0.05) is 28.9 Å². The Morgan fingerprint density at radius 2 is 1.65 bits per heavy atom. The number of nitrogens with zero attached hydrogens (tertiary/aromatic N) is 1. The molecule has 2 heterocycles. The number of anilines is 1. The number of benzene rings is 2. The summed E-state index contributed by atoms with van der Waals surface area (Å²) in [5.41, 5.74) is 2.70. The molecule has 1 N–H and O–H groups in total. The minimum absolute atomic E-state index is 0.0235. The molecule has 34 heavy (non-hydrogen) atoms. The fraction of sp³-hybridized carbons (Fsp3) is 0.240. The minimum Gasteiger partial charge on any atom is -0.344 e. The van der Waals surface area contributed by atoms with E-state index in [0.29, 0.717) is 6.54 Å². The largest absolute Gasteiger partial charge is 0.344 e. The van der Waals surface area contributed by atoms with E-state index in [1.807, 2.05) is 49.1 Å². The van der Waals surface area contributed by atoms with Crippen molar-refractivity contribution in [1.82, 2.24) is 0 Å². The molecule has 0 aliphatic carbocycles. The predicted molar refractivity (Wildman–Crippen MR) is 131 cm³/mol. The van der Waals surface area contributed by atoms with Crippen molar-refractivity contribution >= 4 is 31.4 Å². The van der Waals surface area contributed by atoms with E-state index in [1.54, 1.807) is 18.2 Å². The van der Waals surface area contributed by atoms with Gasteiger partial charge in [-0.05, 0) is 42.3 Å². The molecule has 2 aliphatic heterocycles. The van der Waals surface area contributed by atoms with E-state index in [2.05, 4.69) is 0 Å². The molecule has 0 unspecified atom stereocenters. The molecule has 9 heteroatoms. The molecule has 0 bridgehead atoms. The molecular formula is C25H25NO6S2. The van der Waals surface area contributed by atoms with Crippen LogP contribution in [0.5, 0.6) is 0 Å². The van der Waals surface area contributed by atoms with Crippen molar-refractivity contribution in [3.05, 3.63) is 94.6 Å². The van der Waals surface area contributed by atoms with Crippen LogP contribution in [0.3, 0.4) is 0 Å². The van der Waals surface area contributed by atoms with Gasteiger partial charge in [-0.3, -0.25) is 9.35 Å². The standard InChI is InChI=1S/C25H25NO6S2/c1-25(2)19-11-4-5-12-20(19)26(16-9-17-33(28,29)30)23(25)15-8-7-14-22-24(27)18-10-3-6-13-21(18)34(22,31)32/h3-8,10-15H,9,16-17H2,1-2H3,(H,28,29,30)/b8-7+,22-14-,23-15-. The molecule has 0 saturated heterocycles. The summed E-state index contributed by atoms with van der Waals surface area (Å²) in [6.45, 7) is 4.48. The van der Waals surface area contributed by atoms with Gasteiger partial charge in [-0.15, -0.1) is 0 Å². The summed E-state index contributed by atoms with van der Waals surface area (Å²) in [4.78, 5) is 14.4. The summed E-state index contributed by atoms with van der Waals surface area (Å²) in [6.07, 6.45) is 6.59. The molecule has 0 radical (unpaired) electrons. The average Bonchev–Trinajstić information content (AvgIpc) is 3.10. The number of hydrogen-bond acceptors (Lipinski definition) is 6. The number of ketones is 1. The van der Waals surface area contributed by atoms with Gasteiger partial charge < -0.3 is 4.90 Å². The highest BCUT2D eigenvalue weighted by Crippen LogP contribution is 2.47. The molecule has 0 amide bonds. The molecule has 2 aromatic carbocycles. The lowest BCUT2D eigenvalue weighted by atomic mass is 9.84. The smallest absolute Gasteiger partial charge is 0.264 e. The lowest BCUT2D eigenvalue weighted by Crippen LogP contribution is -2.28. The minimum atomic E-state index is -4.07. The first-order valence-corrected chi connectivity index (χ1v) is 13.8. The van der Waals surface area contributed by atoms with Crippen molar-refractivity contribution < 1.29 is 26.2 Å². The van der Waals surface area contributed by atoms with Gasteiger partial charge in [-0.25, -0.2) is 8.42 Å². The maximum atomic E-state index is 12.7. The van der Waals surface area contributed by atoms with Crippen molar-refractivity contribution in [2.24, 2.45) is 0 Å². The van der Waals surface area contributed by atoms with Gasteiger partial charge in [0.05, 0.1) is 10.6 Å². The molecule has 0 aromatic heterocycles. The van der Waals surface area contributed by atoms with Crippen LogP contribution in [0.25, 0.3) is 0 Å². The SMILES string of the molecule is CC1(C)/C(=C/C=C/C=C2/C(=O)c3ccccc3S2(=O)=O)N(CCCS(=O)(=O)O)c2ccccc21. The molecule has 4 rings (SSSR count). The van der Waals surface area contributed by atoms with Crippen LogP contribution in [0.4, 0.5) is 5.69 Å². The molecular weight excluding hydrogens is 474 g/mol. The number of carbonyl (C=O) groups is 1. The van der Waals surface area contributed by atoms with E-state index < -0.39 is 31.2 Å². The Balaban J connectivity index is 1.65. The zero-order chi connectivity index (χ0) is 24.7. The molecule has 0 atom stereocenters. The molecule has 0 spiro atoms. The summed E-state index contributed by atoms with van der Waals surface area (Å²) in [5.74, 6) is -0.865. The van der Waals surface area contributed by atoms with Crippen molar-refractivity contribution in [3.8, 4) is 0 Å². The first-order chi connectivity index (χ1) is 15.9. The second-order valence-electron chi connectivity index (χ2n) is 8.73. The third-order valence-corrected chi connectivity index (χ3v) is 8.77. The van der Waals surface area contributed by atoms with Gasteiger partial charge in [0.1, 0.15) is 4.91 Å². The van der Waals surface area contributed by atoms with E-state index in [4.69, 9.17) is 4.55 Å². The highest BCUT2D eigenvalue weighted by molar-refractivity contribution is 7.97. The van der Waals surface area contributed by atoms with Crippen LogP contribution < -0.4 is 4.90 Å². The monoisotopic (exact) mass is 499 g/mol. The predicted octanol–water partition coefficient (Wildman–Crippen LogP) is 4.06. The fourth-order valence-corrected chi connectivity index (χ4v) is 6.55. The van der Waals surface area contributed by atoms with Gasteiger partial charge in [0.15, 0.2) is 0 Å². The van der Waals surface area contributed by atoms with Crippen LogP contribution in [0, 0.1) is 0 Å². The Morgan fingerprint density at radius 3 is 2.35 bits per heavy atom. The number of sulfone groups is 1. The Hall–Kier alpha value is -3.01. The van der Waals surface area contributed by atoms with Gasteiger partial charge >= 0.3 is 0 Å². The van der Waals surface area contributed by atoms with Crippen LogP contribution in [0.1, 0.15) is 36.2 Å². The number of para-hydroxylation sites is 1. The summed E-state index contributed by atoms with van der Waals surface area (Å²) in [6, 6.07) is 14.0. The molecule has 7 nitrogen and oxygen atoms in total. The summed E-state index contributed by atoms with van der Waals surface area (Å²) < 4.78 is 56.9. The van der Waals surface area contributed by atoms with Crippen molar-refractivity contribution in [2.45, 2.75) is 30.6 Å². The van der Waals surface area contributed by atoms with Gasteiger partial charge in [0.25, 0.3) is 10.1 Å². The van der Waals surface area contributed by atoms with Crippen LogP contribution in [0.15, 0.2) is 88.3 Å². The number of hydrogen-bond donors (Lipinski definition) is 1. The Morgan fingerprint density at radius 1 is 1.00 bits per heavy atom. The number of Topliss-reactive ketones (excluding diaryl/α,β-unsaturated/α-hetero) is 1. The van der Waals surface area contributed by atoms with E-state index in [9.17, 15) is 21.6 Å². The van der Waals surface area contributed by atoms with E-state index in [1.165, 1.54) is 24.3 Å². The van der Waals surface area contributed by atoms with Crippen molar-refractivity contribution in [1.29, 1.82) is 0 Å². The lowest BCUT2D eigenvalue weighted by molar-refractivity contribution is 0.104. The highest BCUT2D eigenvalue weighted by Gasteiger charge is 2.40. The Labute approximate surface area is 199 Å². The maximum absolute atomic E-state index is 12.7. The Bertz CT molecular complexity index is 1460. The van der Waals surface area contributed by atoms with Crippen molar-refractivity contribution in [2.75, 3.05) is 17.2 Å². The van der Waals surface area contributed by atoms with E-state index in [0.717, 1.165) is 16.9 Å². The number of allylic oxidation sites excluding steroid dienone is 6. The zero-order valence-corrected chi connectivity index (χ0v) is 20.4. The second kappa shape index (κ2) is 8.65. The molecule has 178 valence electrons. The summed E-state index contributed by atoms with van der Waals surface area (Å²) in [5, 5.41) is 0. The zero-order valence-electron chi connectivity index (χ0n) is 18.8. The van der Waals surface area contributed by atoms with Gasteiger partial charge in [-0.1, -0.05) is 56.3 Å². The van der Waals surface area contributed by atoms with Gasteiger partial charge in [0.2, 0.25) is 15.6 Å². The first-order valence-electron chi connectivity index (χ1n) is 10.7. The second-order valence-corrected chi connectivity index (χ2v) is 12.2. The average molecular weight is 500 g/mol. The third-order valence-electron chi connectivity index (χ3n) is 6.13. The van der Waals surface area contributed by atoms with Crippen LogP contribution in [0.2, 0.25) is 0 Å². The topological polar surface area (TPSA) is 109 Å². The number of fused-ring (bicyclic) bond motifs is 2. The molecule has 0 saturated carbocycles. The summed E-state index contributed by atoms with van der Waals surface area (Å²) in [7, 11) is -7.92. The van der Waals surface area contributed by atoms with Crippen LogP contribution in [-0.4, -0.2) is 39.5 Å². The van der Waals surface area contributed by atoms with Crippen LogP contribution >= 0.6 is 0 Å². The van der Waals surface area contributed by atoms with Gasteiger partial charge in [-0.2, -0.15) is 8.42 Å². The van der Waals surface area contributed by atoms with Crippen LogP contribution in [-0.2, 0) is 25.4 Å². The quantitative estimate of drug-likeness (QED) is 0.472. The molecule has 2 aliphatic rings. The Kier molecular flexibility index (Phi) is 6.14. The third kappa shape index (κ3) is 4.26.